The Morgan fingerprint density at radius 1 is 1.29 bits per heavy atom. The fourth-order valence-electron chi connectivity index (χ4n) is 2.22. The molecule has 0 amide bonds. The normalized spacial score (nSPS) is 13.3. The van der Waals surface area contributed by atoms with Crippen molar-refractivity contribution < 1.29 is 12.8 Å². The molecule has 1 rings (SSSR count). The van der Waals surface area contributed by atoms with Crippen molar-refractivity contribution in [3.63, 3.8) is 0 Å². The van der Waals surface area contributed by atoms with Gasteiger partial charge < -0.3 is 5.73 Å². The summed E-state index contributed by atoms with van der Waals surface area (Å²) in [6.07, 6.45) is 5.13. The molecular formula is C15H25FN2O2S. The molecule has 1 aromatic rings. The molecule has 0 spiro atoms. The maximum Gasteiger partial charge on any atom is 0.241 e. The van der Waals surface area contributed by atoms with Crippen LogP contribution in [0.25, 0.3) is 0 Å². The van der Waals surface area contributed by atoms with Gasteiger partial charge in [-0.05, 0) is 32.4 Å². The van der Waals surface area contributed by atoms with E-state index in [1.54, 1.807) is 0 Å². The monoisotopic (exact) mass is 316 g/mol. The van der Waals surface area contributed by atoms with Gasteiger partial charge in [-0.15, -0.1) is 0 Å². The highest BCUT2D eigenvalue weighted by Gasteiger charge is 2.21. The zero-order valence-electron chi connectivity index (χ0n) is 12.9. The van der Waals surface area contributed by atoms with Gasteiger partial charge in [0, 0.05) is 17.3 Å². The minimum absolute atomic E-state index is 0.0830. The number of nitrogens with two attached hydrogens (primary N) is 1. The van der Waals surface area contributed by atoms with E-state index in [0.29, 0.717) is 0 Å². The van der Waals surface area contributed by atoms with Crippen molar-refractivity contribution in [1.29, 1.82) is 0 Å². The number of sulfonamides is 1. The third kappa shape index (κ3) is 5.28. The van der Waals surface area contributed by atoms with Crippen LogP contribution in [0.4, 0.5) is 10.1 Å². The SMILES string of the molecule is CCCCCCC(C)NS(=O)(=O)c1cc(N)cc(F)c1C. The van der Waals surface area contributed by atoms with Crippen LogP contribution in [0.15, 0.2) is 17.0 Å². The topological polar surface area (TPSA) is 72.2 Å². The summed E-state index contributed by atoms with van der Waals surface area (Å²) in [5, 5.41) is 0. The van der Waals surface area contributed by atoms with Crippen LogP contribution < -0.4 is 10.5 Å². The van der Waals surface area contributed by atoms with Gasteiger partial charge in [-0.25, -0.2) is 17.5 Å². The number of rotatable bonds is 8. The second kappa shape index (κ2) is 7.75. The Labute approximate surface area is 127 Å². The highest BCUT2D eigenvalue weighted by atomic mass is 32.2. The molecule has 4 nitrogen and oxygen atoms in total. The van der Waals surface area contributed by atoms with E-state index in [1.807, 2.05) is 6.92 Å². The molecule has 3 N–H and O–H groups in total. The Bertz CT molecular complexity index is 573. The number of anilines is 1. The van der Waals surface area contributed by atoms with Gasteiger partial charge >= 0.3 is 0 Å². The van der Waals surface area contributed by atoms with Crippen molar-refractivity contribution in [3.8, 4) is 0 Å². The summed E-state index contributed by atoms with van der Waals surface area (Å²) in [6.45, 7) is 5.39. The predicted molar refractivity (Wildman–Crippen MR) is 84.1 cm³/mol. The van der Waals surface area contributed by atoms with Gasteiger partial charge in [-0.1, -0.05) is 32.6 Å². The number of hydrogen-bond acceptors (Lipinski definition) is 3. The van der Waals surface area contributed by atoms with Crippen molar-refractivity contribution in [3.05, 3.63) is 23.5 Å². The van der Waals surface area contributed by atoms with Crippen LogP contribution in [0.1, 0.15) is 51.5 Å². The Morgan fingerprint density at radius 3 is 2.57 bits per heavy atom. The predicted octanol–water partition coefficient (Wildman–Crippen LogP) is 3.35. The maximum absolute atomic E-state index is 13.6. The van der Waals surface area contributed by atoms with Crippen LogP contribution in [0.3, 0.4) is 0 Å². The minimum atomic E-state index is -3.75. The fourth-order valence-corrected chi connectivity index (χ4v) is 3.78. The first-order valence-corrected chi connectivity index (χ1v) is 8.84. The van der Waals surface area contributed by atoms with Crippen LogP contribution in [0.5, 0.6) is 0 Å². The standard InChI is InChI=1S/C15H25FN2O2S/c1-4-5-6-7-8-11(2)18-21(19,20)15-10-13(17)9-14(16)12(15)3/h9-11,18H,4-8,17H2,1-3H3. The number of unbranched alkanes of at least 4 members (excludes halogenated alkanes) is 3. The van der Waals surface area contributed by atoms with Gasteiger partial charge in [0.15, 0.2) is 0 Å². The highest BCUT2D eigenvalue weighted by Crippen LogP contribution is 2.22. The van der Waals surface area contributed by atoms with Crippen LogP contribution >= 0.6 is 0 Å². The van der Waals surface area contributed by atoms with Crippen LogP contribution in [0, 0.1) is 12.7 Å². The van der Waals surface area contributed by atoms with E-state index in [0.717, 1.165) is 38.2 Å². The molecule has 0 aromatic heterocycles. The summed E-state index contributed by atoms with van der Waals surface area (Å²) >= 11 is 0. The van der Waals surface area contributed by atoms with E-state index in [4.69, 9.17) is 5.73 Å². The maximum atomic E-state index is 13.6. The molecule has 0 aliphatic heterocycles. The van der Waals surface area contributed by atoms with Gasteiger partial charge in [0.1, 0.15) is 5.82 Å². The third-order valence-electron chi connectivity index (χ3n) is 3.46. The van der Waals surface area contributed by atoms with Gasteiger partial charge in [-0.2, -0.15) is 0 Å². The van der Waals surface area contributed by atoms with Crippen molar-refractivity contribution in [1.82, 2.24) is 4.72 Å². The lowest BCUT2D eigenvalue weighted by atomic mass is 10.1. The largest absolute Gasteiger partial charge is 0.399 e. The zero-order valence-corrected chi connectivity index (χ0v) is 13.8. The zero-order chi connectivity index (χ0) is 16.0. The highest BCUT2D eigenvalue weighted by molar-refractivity contribution is 7.89. The summed E-state index contributed by atoms with van der Waals surface area (Å²) in [7, 11) is -3.75. The van der Waals surface area contributed by atoms with Gasteiger partial charge in [0.2, 0.25) is 10.0 Å². The molecular weight excluding hydrogens is 291 g/mol. The molecule has 120 valence electrons. The van der Waals surface area contributed by atoms with Crippen molar-refractivity contribution in [2.75, 3.05) is 5.73 Å². The van der Waals surface area contributed by atoms with E-state index in [2.05, 4.69) is 11.6 Å². The number of benzene rings is 1. The van der Waals surface area contributed by atoms with Crippen molar-refractivity contribution in [2.24, 2.45) is 0 Å². The van der Waals surface area contributed by atoms with E-state index < -0.39 is 15.8 Å². The Morgan fingerprint density at radius 2 is 1.95 bits per heavy atom. The minimum Gasteiger partial charge on any atom is -0.399 e. The molecule has 0 fully saturated rings. The van der Waals surface area contributed by atoms with Crippen LogP contribution in [0.2, 0.25) is 0 Å². The molecule has 0 saturated heterocycles. The van der Waals surface area contributed by atoms with Crippen molar-refractivity contribution >= 4 is 15.7 Å². The van der Waals surface area contributed by atoms with Crippen LogP contribution in [-0.4, -0.2) is 14.5 Å². The average Bonchev–Trinajstić information content (AvgIpc) is 2.38. The summed E-state index contributed by atoms with van der Waals surface area (Å²) in [6, 6.07) is 2.24. The molecule has 6 heteroatoms. The molecule has 0 radical (unpaired) electrons. The second-order valence-electron chi connectivity index (χ2n) is 5.50. The van der Waals surface area contributed by atoms with Crippen molar-refractivity contribution in [2.45, 2.75) is 63.8 Å². The molecule has 0 bridgehead atoms. The first kappa shape index (κ1) is 17.9. The van der Waals surface area contributed by atoms with E-state index in [9.17, 15) is 12.8 Å². The molecule has 0 aliphatic carbocycles. The first-order valence-electron chi connectivity index (χ1n) is 7.36. The number of nitrogens with one attached hydrogen (secondary N) is 1. The second-order valence-corrected chi connectivity index (χ2v) is 7.18. The lowest BCUT2D eigenvalue weighted by Gasteiger charge is -2.16. The average molecular weight is 316 g/mol. The Hall–Kier alpha value is -1.14. The fraction of sp³-hybridized carbons (Fsp3) is 0.600. The van der Waals surface area contributed by atoms with E-state index in [1.165, 1.54) is 13.0 Å². The summed E-state index contributed by atoms with van der Waals surface area (Å²) in [5.74, 6) is -0.606. The Kier molecular flexibility index (Phi) is 6.61. The third-order valence-corrected chi connectivity index (χ3v) is 5.17. The smallest absolute Gasteiger partial charge is 0.241 e. The number of nitrogen functional groups attached to an aromatic ring is 1. The molecule has 1 aromatic carbocycles. The van der Waals surface area contributed by atoms with E-state index in [-0.39, 0.29) is 22.2 Å². The molecule has 1 atom stereocenters. The van der Waals surface area contributed by atoms with E-state index >= 15 is 0 Å². The molecule has 0 heterocycles. The Balaban J connectivity index is 2.78. The van der Waals surface area contributed by atoms with Gasteiger partial charge in [0.25, 0.3) is 0 Å². The van der Waals surface area contributed by atoms with Gasteiger partial charge in [0.05, 0.1) is 4.90 Å². The molecule has 0 saturated carbocycles. The molecule has 1 unspecified atom stereocenters. The summed E-state index contributed by atoms with van der Waals surface area (Å²) in [5.41, 5.74) is 5.74. The molecule has 0 aliphatic rings. The lowest BCUT2D eigenvalue weighted by molar-refractivity contribution is 0.520. The quantitative estimate of drug-likeness (QED) is 0.570. The molecule has 21 heavy (non-hydrogen) atoms. The first-order chi connectivity index (χ1) is 9.77. The van der Waals surface area contributed by atoms with Crippen LogP contribution in [-0.2, 0) is 10.0 Å². The van der Waals surface area contributed by atoms with Gasteiger partial charge in [-0.3, -0.25) is 0 Å². The number of hydrogen-bond donors (Lipinski definition) is 2. The lowest BCUT2D eigenvalue weighted by Crippen LogP contribution is -2.33. The summed E-state index contributed by atoms with van der Waals surface area (Å²) < 4.78 is 40.9. The number of halogens is 1. The summed E-state index contributed by atoms with van der Waals surface area (Å²) in [4.78, 5) is -0.0830.